The lowest BCUT2D eigenvalue weighted by atomic mass is 9.97. The van der Waals surface area contributed by atoms with Crippen molar-refractivity contribution in [1.29, 1.82) is 0 Å². The van der Waals surface area contributed by atoms with Crippen LogP contribution in [-0.2, 0) is 0 Å². The summed E-state index contributed by atoms with van der Waals surface area (Å²) in [5.74, 6) is 0.584. The van der Waals surface area contributed by atoms with Crippen molar-refractivity contribution < 1.29 is 9.13 Å². The van der Waals surface area contributed by atoms with Gasteiger partial charge in [0.1, 0.15) is 5.82 Å². The minimum absolute atomic E-state index is 0.254. The number of aromatic nitrogens is 2. The number of halogens is 1. The van der Waals surface area contributed by atoms with E-state index < -0.39 is 0 Å². The number of rotatable bonds is 4. The summed E-state index contributed by atoms with van der Waals surface area (Å²) in [6, 6.07) is 6.06. The number of hydrogen-bond donors (Lipinski definition) is 1. The molecule has 0 aliphatic carbocycles. The largest absolute Gasteiger partial charge is 0.494 e. The third-order valence-corrected chi connectivity index (χ3v) is 4.45. The van der Waals surface area contributed by atoms with Crippen molar-refractivity contribution in [2.45, 2.75) is 38.3 Å². The van der Waals surface area contributed by atoms with Gasteiger partial charge in [-0.2, -0.15) is 0 Å². The summed E-state index contributed by atoms with van der Waals surface area (Å²) in [6.45, 7) is 3.18. The van der Waals surface area contributed by atoms with Crippen molar-refractivity contribution in [2.24, 2.45) is 0 Å². The molecule has 0 spiro atoms. The molecule has 2 heterocycles. The molecule has 1 aromatic carbocycles. The molecule has 1 fully saturated rings. The van der Waals surface area contributed by atoms with E-state index in [-0.39, 0.29) is 11.6 Å². The predicted octanol–water partition coefficient (Wildman–Crippen LogP) is 3.40. The molecule has 2 aromatic rings. The smallest absolute Gasteiger partial charge is 0.175 e. The van der Waals surface area contributed by atoms with Crippen molar-refractivity contribution in [3.05, 3.63) is 36.4 Å². The highest BCUT2D eigenvalue weighted by molar-refractivity contribution is 5.59. The first-order chi connectivity index (χ1) is 10.7. The van der Waals surface area contributed by atoms with Gasteiger partial charge in [0.25, 0.3) is 0 Å². The first-order valence-electron chi connectivity index (χ1n) is 7.83. The standard InChI is InChI=1S/C17H22FN3O/c1-3-12-11-13(7-8-19-12)21-10-9-20-17(21)14-5-4-6-15(22-2)16(14)18/h4-6,9-10,12-13,19H,3,7-8,11H2,1-2H3/t12-,13+/m0/s1. The molecular formula is C17H22FN3O. The minimum Gasteiger partial charge on any atom is -0.494 e. The lowest BCUT2D eigenvalue weighted by molar-refractivity contribution is 0.297. The van der Waals surface area contributed by atoms with Gasteiger partial charge in [-0.3, -0.25) is 0 Å². The Labute approximate surface area is 130 Å². The van der Waals surface area contributed by atoms with Gasteiger partial charge in [0.05, 0.1) is 12.7 Å². The number of ether oxygens (including phenoxy) is 1. The van der Waals surface area contributed by atoms with Gasteiger partial charge in [0.2, 0.25) is 0 Å². The van der Waals surface area contributed by atoms with Crippen molar-refractivity contribution >= 4 is 0 Å². The third kappa shape index (κ3) is 2.73. The number of methoxy groups -OCH3 is 1. The lowest BCUT2D eigenvalue weighted by Gasteiger charge is -2.31. The molecule has 1 saturated heterocycles. The summed E-state index contributed by atoms with van der Waals surface area (Å²) in [7, 11) is 1.48. The second-order valence-corrected chi connectivity index (χ2v) is 5.72. The van der Waals surface area contributed by atoms with Crippen LogP contribution >= 0.6 is 0 Å². The Morgan fingerprint density at radius 3 is 3.09 bits per heavy atom. The van der Waals surface area contributed by atoms with Gasteiger partial charge in [-0.05, 0) is 37.9 Å². The molecule has 1 N–H and O–H groups in total. The van der Waals surface area contributed by atoms with Gasteiger partial charge in [0, 0.05) is 24.5 Å². The molecule has 3 rings (SSSR count). The van der Waals surface area contributed by atoms with E-state index >= 15 is 0 Å². The zero-order valence-electron chi connectivity index (χ0n) is 13.1. The average Bonchev–Trinajstić information content (AvgIpc) is 3.04. The van der Waals surface area contributed by atoms with Crippen LogP contribution in [0.3, 0.4) is 0 Å². The van der Waals surface area contributed by atoms with Crippen molar-refractivity contribution in [3.8, 4) is 17.1 Å². The van der Waals surface area contributed by atoms with Crippen LogP contribution in [-0.4, -0.2) is 29.2 Å². The second kappa shape index (κ2) is 6.48. The van der Waals surface area contributed by atoms with Crippen molar-refractivity contribution in [2.75, 3.05) is 13.7 Å². The van der Waals surface area contributed by atoms with Gasteiger partial charge in [-0.15, -0.1) is 0 Å². The maximum atomic E-state index is 14.5. The normalized spacial score (nSPS) is 21.8. The topological polar surface area (TPSA) is 39.1 Å². The van der Waals surface area contributed by atoms with Crippen LogP contribution in [0.4, 0.5) is 4.39 Å². The van der Waals surface area contributed by atoms with Crippen LogP contribution in [0.2, 0.25) is 0 Å². The molecule has 5 heteroatoms. The van der Waals surface area contributed by atoms with E-state index in [9.17, 15) is 4.39 Å². The fraction of sp³-hybridized carbons (Fsp3) is 0.471. The Hall–Kier alpha value is -1.88. The Morgan fingerprint density at radius 2 is 2.32 bits per heavy atom. The Morgan fingerprint density at radius 1 is 1.45 bits per heavy atom. The molecule has 0 radical (unpaired) electrons. The van der Waals surface area contributed by atoms with Crippen molar-refractivity contribution in [1.82, 2.24) is 14.9 Å². The Bertz CT molecular complexity index is 641. The van der Waals surface area contributed by atoms with Gasteiger partial charge < -0.3 is 14.6 Å². The van der Waals surface area contributed by atoms with Gasteiger partial charge in [-0.1, -0.05) is 13.0 Å². The monoisotopic (exact) mass is 303 g/mol. The molecule has 0 amide bonds. The number of piperidine rings is 1. The van der Waals surface area contributed by atoms with Crippen molar-refractivity contribution in [3.63, 3.8) is 0 Å². The number of nitrogens with zero attached hydrogens (tertiary/aromatic N) is 2. The molecule has 118 valence electrons. The van der Waals surface area contributed by atoms with Gasteiger partial charge in [0.15, 0.2) is 11.6 Å². The van der Waals surface area contributed by atoms with E-state index in [4.69, 9.17) is 4.74 Å². The SMILES string of the molecule is CC[C@H]1C[C@H](n2ccnc2-c2cccc(OC)c2F)CCN1. The molecule has 0 bridgehead atoms. The molecule has 2 atom stereocenters. The summed E-state index contributed by atoms with van der Waals surface area (Å²) in [4.78, 5) is 4.40. The third-order valence-electron chi connectivity index (χ3n) is 4.45. The van der Waals surface area contributed by atoms with Gasteiger partial charge >= 0.3 is 0 Å². The fourth-order valence-corrected chi connectivity index (χ4v) is 3.20. The van der Waals surface area contributed by atoms with E-state index in [0.29, 0.717) is 23.5 Å². The van der Waals surface area contributed by atoms with Crippen LogP contribution in [0.5, 0.6) is 5.75 Å². The molecule has 0 saturated carbocycles. The molecular weight excluding hydrogens is 281 g/mol. The summed E-state index contributed by atoms with van der Waals surface area (Å²) in [6.07, 6.45) is 6.89. The van der Waals surface area contributed by atoms with Crippen LogP contribution in [0, 0.1) is 5.82 Å². The molecule has 1 aliphatic heterocycles. The predicted molar refractivity (Wildman–Crippen MR) is 84.5 cm³/mol. The van der Waals surface area contributed by atoms with E-state index in [0.717, 1.165) is 25.8 Å². The maximum absolute atomic E-state index is 14.5. The quantitative estimate of drug-likeness (QED) is 0.941. The Kier molecular flexibility index (Phi) is 4.43. The summed E-state index contributed by atoms with van der Waals surface area (Å²) < 4.78 is 21.7. The number of imidazole rings is 1. The van der Waals surface area contributed by atoms with Crippen LogP contribution < -0.4 is 10.1 Å². The zero-order valence-corrected chi connectivity index (χ0v) is 13.1. The minimum atomic E-state index is -0.349. The maximum Gasteiger partial charge on any atom is 0.175 e. The van der Waals surface area contributed by atoms with E-state index in [2.05, 4.69) is 21.8 Å². The number of hydrogen-bond acceptors (Lipinski definition) is 3. The average molecular weight is 303 g/mol. The van der Waals surface area contributed by atoms with Crippen LogP contribution in [0.1, 0.15) is 32.2 Å². The van der Waals surface area contributed by atoms with E-state index in [1.165, 1.54) is 7.11 Å². The lowest BCUT2D eigenvalue weighted by Crippen LogP contribution is -2.38. The first kappa shape index (κ1) is 15.0. The summed E-state index contributed by atoms with van der Waals surface area (Å²) in [5.41, 5.74) is 0.496. The van der Waals surface area contributed by atoms with E-state index in [1.54, 1.807) is 24.4 Å². The Balaban J connectivity index is 1.96. The molecule has 1 aliphatic rings. The highest BCUT2D eigenvalue weighted by Crippen LogP contribution is 2.32. The highest BCUT2D eigenvalue weighted by Gasteiger charge is 2.24. The molecule has 4 nitrogen and oxygen atoms in total. The highest BCUT2D eigenvalue weighted by atomic mass is 19.1. The molecule has 22 heavy (non-hydrogen) atoms. The van der Waals surface area contributed by atoms with Crippen LogP contribution in [0.15, 0.2) is 30.6 Å². The summed E-state index contributed by atoms with van der Waals surface area (Å²) >= 11 is 0. The molecule has 1 aromatic heterocycles. The van der Waals surface area contributed by atoms with E-state index in [1.807, 2.05) is 6.20 Å². The fourth-order valence-electron chi connectivity index (χ4n) is 3.20. The van der Waals surface area contributed by atoms with Gasteiger partial charge in [-0.25, -0.2) is 9.37 Å². The van der Waals surface area contributed by atoms with Crippen LogP contribution in [0.25, 0.3) is 11.4 Å². The molecule has 0 unspecified atom stereocenters. The zero-order chi connectivity index (χ0) is 15.5. The number of benzene rings is 1. The summed E-state index contributed by atoms with van der Waals surface area (Å²) in [5, 5.41) is 3.52. The first-order valence-corrected chi connectivity index (χ1v) is 7.83. The number of nitrogens with one attached hydrogen (secondary N) is 1. The second-order valence-electron chi connectivity index (χ2n) is 5.72.